The summed E-state index contributed by atoms with van der Waals surface area (Å²) in [6.07, 6.45) is 13.9. The molecule has 1 fully saturated rings. The second kappa shape index (κ2) is 11.1. The van der Waals surface area contributed by atoms with Gasteiger partial charge in [0.1, 0.15) is 12.4 Å². The van der Waals surface area contributed by atoms with E-state index in [-0.39, 0.29) is 0 Å². The summed E-state index contributed by atoms with van der Waals surface area (Å²) in [4.78, 5) is 0. The summed E-state index contributed by atoms with van der Waals surface area (Å²) >= 11 is 0. The summed E-state index contributed by atoms with van der Waals surface area (Å²) in [5.74, 6) is 2.57. The van der Waals surface area contributed by atoms with E-state index in [4.69, 9.17) is 16.2 Å². The van der Waals surface area contributed by atoms with Crippen molar-refractivity contribution in [2.24, 2.45) is 5.92 Å². The molecule has 0 unspecified atom stereocenters. The predicted molar refractivity (Wildman–Crippen MR) is 124 cm³/mol. The molecule has 1 aliphatic rings. The van der Waals surface area contributed by atoms with Crippen LogP contribution in [-0.2, 0) is 6.61 Å². The Morgan fingerprint density at radius 3 is 2.28 bits per heavy atom. The third kappa shape index (κ3) is 6.69. The topological polar surface area (TPSA) is 61.3 Å². The van der Waals surface area contributed by atoms with Gasteiger partial charge in [0, 0.05) is 16.9 Å². The fourth-order valence-corrected chi connectivity index (χ4v) is 4.56. The molecule has 0 atom stereocenters. The number of nitrogen functional groups attached to an aromatic ring is 2. The lowest BCUT2D eigenvalue weighted by Crippen LogP contribution is -2.13. The van der Waals surface area contributed by atoms with E-state index < -0.39 is 0 Å². The average molecular weight is 395 g/mol. The highest BCUT2D eigenvalue weighted by molar-refractivity contribution is 5.56. The van der Waals surface area contributed by atoms with Gasteiger partial charge in [0.15, 0.2) is 0 Å². The second-order valence-corrected chi connectivity index (χ2v) is 8.74. The zero-order valence-electron chi connectivity index (χ0n) is 18.0. The van der Waals surface area contributed by atoms with Crippen LogP contribution in [0.15, 0.2) is 42.5 Å². The molecular weight excluding hydrogens is 356 g/mol. The lowest BCUT2D eigenvalue weighted by atomic mass is 9.77. The Bertz CT molecular complexity index is 733. The Labute approximate surface area is 176 Å². The molecule has 0 amide bonds. The van der Waals surface area contributed by atoms with E-state index in [1.165, 1.54) is 69.8 Å². The number of nitrogens with two attached hydrogens (primary N) is 2. The molecular formula is C26H38N2O. The third-order valence-corrected chi connectivity index (χ3v) is 6.48. The van der Waals surface area contributed by atoms with Gasteiger partial charge in [-0.25, -0.2) is 0 Å². The van der Waals surface area contributed by atoms with Crippen LogP contribution in [0.5, 0.6) is 5.75 Å². The van der Waals surface area contributed by atoms with E-state index in [1.54, 1.807) is 6.07 Å². The predicted octanol–water partition coefficient (Wildman–Crippen LogP) is 7.06. The zero-order chi connectivity index (χ0) is 20.5. The van der Waals surface area contributed by atoms with Crippen LogP contribution in [0.1, 0.15) is 88.2 Å². The van der Waals surface area contributed by atoms with Gasteiger partial charge in [0.25, 0.3) is 0 Å². The van der Waals surface area contributed by atoms with E-state index in [0.29, 0.717) is 23.9 Å². The molecule has 1 aliphatic carbocycles. The standard InChI is InChI=1S/C26H38N2O/c1-2-3-4-5-6-7-20-8-10-21(11-9-20)22-13-16-25(17-14-22)29-19-23-12-15-24(27)18-26(23)28/h12-18,20-21H,2-11,19,27-28H2,1H3. The van der Waals surface area contributed by atoms with E-state index >= 15 is 0 Å². The molecule has 0 saturated heterocycles. The minimum Gasteiger partial charge on any atom is -0.489 e. The lowest BCUT2D eigenvalue weighted by molar-refractivity contribution is 0.299. The molecule has 0 heterocycles. The van der Waals surface area contributed by atoms with Crippen LogP contribution in [0.4, 0.5) is 11.4 Å². The van der Waals surface area contributed by atoms with E-state index in [0.717, 1.165) is 17.2 Å². The largest absolute Gasteiger partial charge is 0.489 e. The molecule has 2 aromatic carbocycles. The normalized spacial score (nSPS) is 19.2. The Kier molecular flexibility index (Phi) is 8.27. The average Bonchev–Trinajstić information content (AvgIpc) is 2.74. The molecule has 0 aliphatic heterocycles. The van der Waals surface area contributed by atoms with E-state index in [2.05, 4.69) is 31.2 Å². The highest BCUT2D eigenvalue weighted by Gasteiger charge is 2.22. The van der Waals surface area contributed by atoms with Crippen LogP contribution >= 0.6 is 0 Å². The van der Waals surface area contributed by atoms with Crippen molar-refractivity contribution in [3.05, 3.63) is 53.6 Å². The molecule has 3 heteroatoms. The highest BCUT2D eigenvalue weighted by Crippen LogP contribution is 2.38. The van der Waals surface area contributed by atoms with Gasteiger partial charge in [0.2, 0.25) is 0 Å². The van der Waals surface area contributed by atoms with Crippen LogP contribution in [0.25, 0.3) is 0 Å². The van der Waals surface area contributed by atoms with Gasteiger partial charge in [-0.15, -0.1) is 0 Å². The Morgan fingerprint density at radius 1 is 0.862 bits per heavy atom. The Balaban J connectivity index is 1.41. The van der Waals surface area contributed by atoms with Crippen molar-refractivity contribution in [1.82, 2.24) is 0 Å². The molecule has 0 radical (unpaired) electrons. The van der Waals surface area contributed by atoms with Crippen molar-refractivity contribution in [1.29, 1.82) is 0 Å². The Morgan fingerprint density at radius 2 is 1.59 bits per heavy atom. The van der Waals surface area contributed by atoms with Crippen LogP contribution in [-0.4, -0.2) is 0 Å². The summed E-state index contributed by atoms with van der Waals surface area (Å²) in [7, 11) is 0. The van der Waals surface area contributed by atoms with Crippen molar-refractivity contribution in [2.45, 2.75) is 83.7 Å². The lowest BCUT2D eigenvalue weighted by Gasteiger charge is -2.29. The molecule has 1 saturated carbocycles. The highest BCUT2D eigenvalue weighted by atomic mass is 16.5. The molecule has 0 aromatic heterocycles. The van der Waals surface area contributed by atoms with Crippen LogP contribution in [0.2, 0.25) is 0 Å². The summed E-state index contributed by atoms with van der Waals surface area (Å²) < 4.78 is 5.92. The molecule has 3 nitrogen and oxygen atoms in total. The van der Waals surface area contributed by atoms with Gasteiger partial charge < -0.3 is 16.2 Å². The van der Waals surface area contributed by atoms with Crippen LogP contribution in [0.3, 0.4) is 0 Å². The van der Waals surface area contributed by atoms with Gasteiger partial charge in [-0.05, 0) is 67.3 Å². The first-order valence-electron chi connectivity index (χ1n) is 11.5. The number of unbranched alkanes of at least 4 members (excludes halogenated alkanes) is 4. The number of hydrogen-bond donors (Lipinski definition) is 2. The van der Waals surface area contributed by atoms with Gasteiger partial charge in [0.05, 0.1) is 0 Å². The minimum absolute atomic E-state index is 0.467. The maximum Gasteiger partial charge on any atom is 0.119 e. The maximum atomic E-state index is 6.01. The number of rotatable bonds is 10. The van der Waals surface area contributed by atoms with Crippen molar-refractivity contribution >= 4 is 11.4 Å². The summed E-state index contributed by atoms with van der Waals surface area (Å²) in [5.41, 5.74) is 15.6. The maximum absolute atomic E-state index is 6.01. The minimum atomic E-state index is 0.467. The summed E-state index contributed by atoms with van der Waals surface area (Å²) in [5, 5.41) is 0. The fraction of sp³-hybridized carbons (Fsp3) is 0.538. The molecule has 3 rings (SSSR count). The number of hydrogen-bond acceptors (Lipinski definition) is 3. The third-order valence-electron chi connectivity index (χ3n) is 6.48. The van der Waals surface area contributed by atoms with Crippen LogP contribution < -0.4 is 16.2 Å². The van der Waals surface area contributed by atoms with E-state index in [1.807, 2.05) is 12.1 Å². The van der Waals surface area contributed by atoms with Gasteiger partial charge in [-0.1, -0.05) is 63.6 Å². The summed E-state index contributed by atoms with van der Waals surface area (Å²) in [6.45, 7) is 2.75. The molecule has 0 bridgehead atoms. The van der Waals surface area contributed by atoms with Gasteiger partial charge in [-0.2, -0.15) is 0 Å². The monoisotopic (exact) mass is 394 g/mol. The number of ether oxygens (including phenoxy) is 1. The Hall–Kier alpha value is -2.16. The number of benzene rings is 2. The molecule has 0 spiro atoms. The molecule has 29 heavy (non-hydrogen) atoms. The molecule has 2 aromatic rings. The van der Waals surface area contributed by atoms with Crippen LogP contribution in [0, 0.1) is 5.92 Å². The first-order chi connectivity index (χ1) is 14.2. The van der Waals surface area contributed by atoms with E-state index in [9.17, 15) is 0 Å². The molecule has 158 valence electrons. The fourth-order valence-electron chi connectivity index (χ4n) is 4.56. The van der Waals surface area contributed by atoms with Crippen molar-refractivity contribution < 1.29 is 4.74 Å². The van der Waals surface area contributed by atoms with Gasteiger partial charge >= 0.3 is 0 Å². The quantitative estimate of drug-likeness (QED) is 0.335. The SMILES string of the molecule is CCCCCCCC1CCC(c2ccc(OCc3ccc(N)cc3N)cc2)CC1. The van der Waals surface area contributed by atoms with Gasteiger partial charge in [-0.3, -0.25) is 0 Å². The first kappa shape index (κ1) is 21.5. The smallest absolute Gasteiger partial charge is 0.119 e. The summed E-state index contributed by atoms with van der Waals surface area (Å²) in [6, 6.07) is 14.3. The van der Waals surface area contributed by atoms with Crippen molar-refractivity contribution in [3.8, 4) is 5.75 Å². The number of anilines is 2. The van der Waals surface area contributed by atoms with Crippen molar-refractivity contribution in [3.63, 3.8) is 0 Å². The molecule has 4 N–H and O–H groups in total. The first-order valence-corrected chi connectivity index (χ1v) is 11.5. The second-order valence-electron chi connectivity index (χ2n) is 8.74. The zero-order valence-corrected chi connectivity index (χ0v) is 18.0. The van der Waals surface area contributed by atoms with Crippen molar-refractivity contribution in [2.75, 3.05) is 11.5 Å².